The number of carbonyl (C=O) groups excluding carboxylic acids is 1. The summed E-state index contributed by atoms with van der Waals surface area (Å²) in [5, 5.41) is 3.02. The highest BCUT2D eigenvalue weighted by Gasteiger charge is 2.21. The minimum absolute atomic E-state index is 0.0129. The summed E-state index contributed by atoms with van der Waals surface area (Å²) in [7, 11) is 0. The van der Waals surface area contributed by atoms with Crippen LogP contribution in [0.4, 0.5) is 0 Å². The third-order valence-corrected chi connectivity index (χ3v) is 4.39. The first-order chi connectivity index (χ1) is 8.56. The van der Waals surface area contributed by atoms with E-state index in [1.807, 2.05) is 13.8 Å². The van der Waals surface area contributed by atoms with Gasteiger partial charge in [0.25, 0.3) is 5.91 Å². The van der Waals surface area contributed by atoms with E-state index in [0.717, 1.165) is 18.7 Å². The van der Waals surface area contributed by atoms with Crippen molar-refractivity contribution in [3.8, 4) is 0 Å². The normalized spacial score (nSPS) is 23.9. The highest BCUT2D eigenvalue weighted by Crippen LogP contribution is 2.28. The number of halogens is 1. The van der Waals surface area contributed by atoms with Gasteiger partial charge in [0.05, 0.1) is 5.56 Å². The second-order valence-corrected chi connectivity index (χ2v) is 6.46. The average Bonchev–Trinajstić information content (AvgIpc) is 2.66. The Balaban J connectivity index is 1.86. The van der Waals surface area contributed by atoms with E-state index < -0.39 is 0 Å². The molecule has 2 rings (SSSR count). The molecule has 2 unspecified atom stereocenters. The highest BCUT2D eigenvalue weighted by molar-refractivity contribution is 9.09. The van der Waals surface area contributed by atoms with Crippen LogP contribution in [0.25, 0.3) is 0 Å². The number of rotatable bonds is 3. The van der Waals surface area contributed by atoms with Gasteiger partial charge in [-0.1, -0.05) is 22.4 Å². The van der Waals surface area contributed by atoms with E-state index in [9.17, 15) is 4.79 Å². The molecule has 0 aromatic carbocycles. The largest absolute Gasteiger partial charge is 0.466 e. The van der Waals surface area contributed by atoms with Crippen LogP contribution >= 0.6 is 15.9 Å². The summed E-state index contributed by atoms with van der Waals surface area (Å²) in [4.78, 5) is 12.6. The number of hydrogen-bond acceptors (Lipinski definition) is 2. The second kappa shape index (κ2) is 5.91. The van der Waals surface area contributed by atoms with Crippen LogP contribution in [-0.4, -0.2) is 17.3 Å². The second-order valence-electron chi connectivity index (χ2n) is 5.17. The van der Waals surface area contributed by atoms with Crippen molar-refractivity contribution in [1.29, 1.82) is 0 Å². The molecule has 1 aromatic rings. The molecule has 0 bridgehead atoms. The van der Waals surface area contributed by atoms with Crippen molar-refractivity contribution >= 4 is 21.8 Å². The van der Waals surface area contributed by atoms with Gasteiger partial charge in [0.1, 0.15) is 11.5 Å². The molecular weight excluding hydrogens is 294 g/mol. The summed E-state index contributed by atoms with van der Waals surface area (Å²) >= 11 is 3.67. The van der Waals surface area contributed by atoms with Crippen molar-refractivity contribution in [3.63, 3.8) is 0 Å². The summed E-state index contributed by atoms with van der Waals surface area (Å²) in [5.74, 6) is 2.07. The van der Waals surface area contributed by atoms with Gasteiger partial charge in [0, 0.05) is 11.4 Å². The number of aryl methyl sites for hydroxylation is 2. The molecule has 0 spiro atoms. The molecule has 1 amide bonds. The lowest BCUT2D eigenvalue weighted by atomic mass is 9.89. The first kappa shape index (κ1) is 13.7. The third-order valence-electron chi connectivity index (χ3n) is 3.56. The fraction of sp³-hybridized carbons (Fsp3) is 0.643. The lowest BCUT2D eigenvalue weighted by Crippen LogP contribution is -2.32. The van der Waals surface area contributed by atoms with Gasteiger partial charge < -0.3 is 9.73 Å². The zero-order valence-electron chi connectivity index (χ0n) is 11.0. The van der Waals surface area contributed by atoms with Crippen LogP contribution in [0.3, 0.4) is 0 Å². The van der Waals surface area contributed by atoms with E-state index in [-0.39, 0.29) is 5.91 Å². The quantitative estimate of drug-likeness (QED) is 0.867. The standard InChI is InChI=1S/C14H20BrNO2/c1-9-6-13(10(2)18-9)14(17)16-8-11-4-3-5-12(15)7-11/h6,11-12H,3-5,7-8H2,1-2H3,(H,16,17). The summed E-state index contributed by atoms with van der Waals surface area (Å²) in [5.41, 5.74) is 0.665. The van der Waals surface area contributed by atoms with Crippen molar-refractivity contribution in [3.05, 3.63) is 23.2 Å². The van der Waals surface area contributed by atoms with Crippen LogP contribution in [0, 0.1) is 19.8 Å². The maximum absolute atomic E-state index is 12.0. The molecule has 0 aliphatic heterocycles. The van der Waals surface area contributed by atoms with E-state index in [0.29, 0.717) is 22.1 Å². The predicted molar refractivity (Wildman–Crippen MR) is 75.2 cm³/mol. The molecule has 1 saturated carbocycles. The molecule has 18 heavy (non-hydrogen) atoms. The van der Waals surface area contributed by atoms with Crippen LogP contribution in [-0.2, 0) is 0 Å². The summed E-state index contributed by atoms with van der Waals surface area (Å²) in [6.45, 7) is 4.46. The number of alkyl halides is 1. The first-order valence-corrected chi connectivity index (χ1v) is 7.47. The van der Waals surface area contributed by atoms with Gasteiger partial charge in [0.15, 0.2) is 0 Å². The minimum Gasteiger partial charge on any atom is -0.466 e. The van der Waals surface area contributed by atoms with Crippen molar-refractivity contribution in [2.45, 2.75) is 44.4 Å². The van der Waals surface area contributed by atoms with Gasteiger partial charge in [-0.2, -0.15) is 0 Å². The van der Waals surface area contributed by atoms with E-state index in [4.69, 9.17) is 4.42 Å². The summed E-state index contributed by atoms with van der Waals surface area (Å²) in [6, 6.07) is 1.80. The summed E-state index contributed by atoms with van der Waals surface area (Å²) < 4.78 is 5.38. The monoisotopic (exact) mass is 313 g/mol. The van der Waals surface area contributed by atoms with Gasteiger partial charge in [-0.3, -0.25) is 4.79 Å². The number of carbonyl (C=O) groups is 1. The Morgan fingerprint density at radius 1 is 1.50 bits per heavy atom. The minimum atomic E-state index is -0.0129. The number of amides is 1. The number of hydrogen-bond donors (Lipinski definition) is 1. The molecule has 1 aromatic heterocycles. The Morgan fingerprint density at radius 2 is 2.28 bits per heavy atom. The molecule has 100 valence electrons. The molecule has 3 nitrogen and oxygen atoms in total. The van der Waals surface area contributed by atoms with Gasteiger partial charge in [-0.05, 0) is 45.1 Å². The van der Waals surface area contributed by atoms with Crippen molar-refractivity contribution in [2.24, 2.45) is 5.92 Å². The molecule has 2 atom stereocenters. The van der Waals surface area contributed by atoms with Crippen LogP contribution in [0.1, 0.15) is 47.6 Å². The fourth-order valence-electron chi connectivity index (χ4n) is 2.60. The molecule has 1 fully saturated rings. The topological polar surface area (TPSA) is 42.2 Å². The van der Waals surface area contributed by atoms with E-state index in [2.05, 4.69) is 21.2 Å². The van der Waals surface area contributed by atoms with E-state index in [1.54, 1.807) is 6.07 Å². The van der Waals surface area contributed by atoms with E-state index >= 15 is 0 Å². The maximum atomic E-state index is 12.0. The fourth-order valence-corrected chi connectivity index (χ4v) is 3.45. The SMILES string of the molecule is Cc1cc(C(=O)NCC2CCCC(Br)C2)c(C)o1. The van der Waals surface area contributed by atoms with Crippen LogP contribution in [0.2, 0.25) is 0 Å². The van der Waals surface area contributed by atoms with Crippen LogP contribution in [0.15, 0.2) is 10.5 Å². The Bertz CT molecular complexity index is 427. The third kappa shape index (κ3) is 3.37. The van der Waals surface area contributed by atoms with Gasteiger partial charge in [-0.25, -0.2) is 0 Å². The predicted octanol–water partition coefficient (Wildman–Crippen LogP) is 3.58. The highest BCUT2D eigenvalue weighted by atomic mass is 79.9. The van der Waals surface area contributed by atoms with E-state index in [1.165, 1.54) is 19.3 Å². The van der Waals surface area contributed by atoms with Crippen molar-refractivity contribution < 1.29 is 9.21 Å². The molecule has 1 heterocycles. The lowest BCUT2D eigenvalue weighted by molar-refractivity contribution is 0.0942. The Labute approximate surface area is 116 Å². The molecule has 0 saturated heterocycles. The summed E-state index contributed by atoms with van der Waals surface area (Å²) in [6.07, 6.45) is 4.88. The Kier molecular flexibility index (Phi) is 4.49. The maximum Gasteiger partial charge on any atom is 0.254 e. The molecule has 1 aliphatic rings. The molecule has 0 radical (unpaired) electrons. The van der Waals surface area contributed by atoms with Crippen molar-refractivity contribution in [2.75, 3.05) is 6.54 Å². The Morgan fingerprint density at radius 3 is 2.89 bits per heavy atom. The molecular formula is C14H20BrNO2. The molecule has 1 aliphatic carbocycles. The zero-order valence-corrected chi connectivity index (χ0v) is 12.5. The van der Waals surface area contributed by atoms with Gasteiger partial charge in [-0.15, -0.1) is 0 Å². The van der Waals surface area contributed by atoms with Gasteiger partial charge in [0.2, 0.25) is 0 Å². The van der Waals surface area contributed by atoms with Crippen LogP contribution < -0.4 is 5.32 Å². The van der Waals surface area contributed by atoms with Crippen LogP contribution in [0.5, 0.6) is 0 Å². The number of furan rings is 1. The molecule has 4 heteroatoms. The first-order valence-electron chi connectivity index (χ1n) is 6.55. The Hall–Kier alpha value is -0.770. The smallest absolute Gasteiger partial charge is 0.254 e. The van der Waals surface area contributed by atoms with Gasteiger partial charge >= 0.3 is 0 Å². The number of nitrogens with one attached hydrogen (secondary N) is 1. The zero-order chi connectivity index (χ0) is 13.1. The molecule has 1 N–H and O–H groups in total. The van der Waals surface area contributed by atoms with Crippen molar-refractivity contribution in [1.82, 2.24) is 5.32 Å². The lowest BCUT2D eigenvalue weighted by Gasteiger charge is -2.25. The average molecular weight is 314 g/mol.